The molecule has 0 aliphatic rings. The number of carbonyl (C=O) groups excluding carboxylic acids is 1. The van der Waals surface area contributed by atoms with Crippen LogP contribution in [-0.2, 0) is 11.3 Å². The van der Waals surface area contributed by atoms with Crippen LogP contribution in [0.15, 0.2) is 95.8 Å². The van der Waals surface area contributed by atoms with Crippen LogP contribution in [0.1, 0.15) is 12.8 Å². The fourth-order valence-corrected chi connectivity index (χ4v) is 3.59. The number of nitrogens with one attached hydrogen (secondary N) is 1. The lowest BCUT2D eigenvalue weighted by molar-refractivity contribution is -0.116. The number of ether oxygens (including phenoxy) is 1. The van der Waals surface area contributed by atoms with Gasteiger partial charge in [0.25, 0.3) is 5.56 Å². The van der Waals surface area contributed by atoms with Crippen molar-refractivity contribution < 1.29 is 9.53 Å². The van der Waals surface area contributed by atoms with E-state index >= 15 is 0 Å². The predicted molar refractivity (Wildman–Crippen MR) is 130 cm³/mol. The summed E-state index contributed by atoms with van der Waals surface area (Å²) in [5.74, 6) is 0.657. The average molecular weight is 440 g/mol. The van der Waals surface area contributed by atoms with Gasteiger partial charge in [0.1, 0.15) is 5.75 Å². The van der Waals surface area contributed by atoms with Crippen molar-refractivity contribution >= 4 is 11.6 Å². The lowest BCUT2D eigenvalue weighted by Gasteiger charge is -2.12. The second kappa shape index (κ2) is 10.4. The molecule has 3 aromatic carbocycles. The molecule has 1 amide bonds. The van der Waals surface area contributed by atoms with E-state index in [1.807, 2.05) is 78.9 Å². The van der Waals surface area contributed by atoms with E-state index in [0.29, 0.717) is 18.7 Å². The number of para-hydroxylation sites is 1. The van der Waals surface area contributed by atoms with Crippen molar-refractivity contribution in [3.05, 3.63) is 101 Å². The third-order valence-electron chi connectivity index (χ3n) is 5.31. The highest BCUT2D eigenvalue weighted by atomic mass is 16.5. The Morgan fingerprint density at radius 1 is 0.879 bits per heavy atom. The number of nitrogens with zero attached hydrogens (tertiary/aromatic N) is 2. The van der Waals surface area contributed by atoms with E-state index in [4.69, 9.17) is 4.74 Å². The van der Waals surface area contributed by atoms with Crippen LogP contribution in [0.25, 0.3) is 22.4 Å². The van der Waals surface area contributed by atoms with Gasteiger partial charge in [-0.25, -0.2) is 4.68 Å². The Kier molecular flexibility index (Phi) is 6.95. The summed E-state index contributed by atoms with van der Waals surface area (Å²) in [5, 5.41) is 7.46. The number of anilines is 1. The molecule has 0 saturated carbocycles. The molecule has 166 valence electrons. The Labute approximate surface area is 192 Å². The first-order valence-electron chi connectivity index (χ1n) is 10.8. The van der Waals surface area contributed by atoms with E-state index in [9.17, 15) is 9.59 Å². The molecule has 0 aliphatic carbocycles. The third kappa shape index (κ3) is 5.54. The Hall–Kier alpha value is -4.19. The zero-order valence-electron chi connectivity index (χ0n) is 18.4. The van der Waals surface area contributed by atoms with Gasteiger partial charge in [0.15, 0.2) is 0 Å². The summed E-state index contributed by atoms with van der Waals surface area (Å²) in [6.45, 7) is 0.358. The fourth-order valence-electron chi connectivity index (χ4n) is 3.59. The van der Waals surface area contributed by atoms with Crippen molar-refractivity contribution in [2.24, 2.45) is 0 Å². The molecule has 1 N–H and O–H groups in total. The summed E-state index contributed by atoms with van der Waals surface area (Å²) in [6.07, 6.45) is 0.780. The van der Waals surface area contributed by atoms with Gasteiger partial charge >= 0.3 is 0 Å². The van der Waals surface area contributed by atoms with Gasteiger partial charge in [0.05, 0.1) is 12.8 Å². The van der Waals surface area contributed by atoms with Crippen molar-refractivity contribution in [3.8, 4) is 28.1 Å². The molecule has 6 nitrogen and oxygen atoms in total. The van der Waals surface area contributed by atoms with Crippen LogP contribution in [0.5, 0.6) is 5.75 Å². The SMILES string of the molecule is COc1ccc(-c2ccc(=O)n(CCCC(=O)Nc3ccccc3-c3ccccc3)n2)cc1. The van der Waals surface area contributed by atoms with Gasteiger partial charge in [0.2, 0.25) is 5.91 Å². The first kappa shape index (κ1) is 22.0. The Bertz CT molecular complexity index is 1280. The van der Waals surface area contributed by atoms with Crippen molar-refractivity contribution in [1.29, 1.82) is 0 Å². The predicted octanol–water partition coefficient (Wildman–Crippen LogP) is 5.00. The van der Waals surface area contributed by atoms with Gasteiger partial charge < -0.3 is 10.1 Å². The zero-order valence-corrected chi connectivity index (χ0v) is 18.4. The van der Waals surface area contributed by atoms with E-state index in [-0.39, 0.29) is 17.9 Å². The topological polar surface area (TPSA) is 73.2 Å². The summed E-state index contributed by atoms with van der Waals surface area (Å²) < 4.78 is 6.59. The maximum Gasteiger partial charge on any atom is 0.266 e. The van der Waals surface area contributed by atoms with Crippen molar-refractivity contribution in [2.75, 3.05) is 12.4 Å². The highest BCUT2D eigenvalue weighted by molar-refractivity contribution is 5.95. The second-order valence-corrected chi connectivity index (χ2v) is 7.57. The van der Waals surface area contributed by atoms with Crippen LogP contribution >= 0.6 is 0 Å². The molecule has 0 unspecified atom stereocenters. The molecular weight excluding hydrogens is 414 g/mol. The summed E-state index contributed by atoms with van der Waals surface area (Å²) >= 11 is 0. The van der Waals surface area contributed by atoms with Crippen LogP contribution in [-0.4, -0.2) is 22.8 Å². The summed E-state index contributed by atoms with van der Waals surface area (Å²) in [5.41, 5.74) is 4.17. The maximum atomic E-state index is 12.6. The summed E-state index contributed by atoms with van der Waals surface area (Å²) in [4.78, 5) is 24.8. The molecule has 0 saturated heterocycles. The quantitative estimate of drug-likeness (QED) is 0.419. The molecule has 0 radical (unpaired) electrons. The van der Waals surface area contributed by atoms with Crippen molar-refractivity contribution in [1.82, 2.24) is 9.78 Å². The van der Waals surface area contributed by atoms with E-state index in [1.54, 1.807) is 13.2 Å². The van der Waals surface area contributed by atoms with E-state index in [2.05, 4.69) is 10.4 Å². The second-order valence-electron chi connectivity index (χ2n) is 7.57. The molecule has 0 bridgehead atoms. The normalized spacial score (nSPS) is 10.6. The number of hydrogen-bond donors (Lipinski definition) is 1. The molecule has 0 atom stereocenters. The van der Waals surface area contributed by atoms with E-state index < -0.39 is 0 Å². The minimum atomic E-state index is -0.193. The van der Waals surface area contributed by atoms with Crippen molar-refractivity contribution in [3.63, 3.8) is 0 Å². The first-order valence-corrected chi connectivity index (χ1v) is 10.8. The van der Waals surface area contributed by atoms with Gasteiger partial charge in [-0.1, -0.05) is 48.5 Å². The smallest absolute Gasteiger partial charge is 0.266 e. The third-order valence-corrected chi connectivity index (χ3v) is 5.31. The highest BCUT2D eigenvalue weighted by Crippen LogP contribution is 2.27. The molecule has 1 heterocycles. The Balaban J connectivity index is 1.39. The number of amides is 1. The molecule has 33 heavy (non-hydrogen) atoms. The minimum Gasteiger partial charge on any atom is -0.497 e. The number of hydrogen-bond acceptors (Lipinski definition) is 4. The summed E-state index contributed by atoms with van der Waals surface area (Å²) in [6, 6.07) is 28.4. The first-order chi connectivity index (χ1) is 16.1. The van der Waals surface area contributed by atoms with E-state index in [0.717, 1.165) is 28.1 Å². The molecule has 0 fully saturated rings. The Morgan fingerprint density at radius 2 is 1.61 bits per heavy atom. The number of aromatic nitrogens is 2. The van der Waals surface area contributed by atoms with Crippen LogP contribution in [0, 0.1) is 0 Å². The van der Waals surface area contributed by atoms with Gasteiger partial charge in [-0.15, -0.1) is 0 Å². The molecule has 4 aromatic rings. The molecule has 0 spiro atoms. The van der Waals surface area contributed by atoms with Gasteiger partial charge in [-0.3, -0.25) is 9.59 Å². The molecular formula is C27H25N3O3. The highest BCUT2D eigenvalue weighted by Gasteiger charge is 2.09. The molecule has 0 aliphatic heterocycles. The number of benzene rings is 3. The van der Waals surface area contributed by atoms with Crippen molar-refractivity contribution in [2.45, 2.75) is 19.4 Å². The largest absolute Gasteiger partial charge is 0.497 e. The maximum absolute atomic E-state index is 12.6. The van der Waals surface area contributed by atoms with Gasteiger partial charge in [0, 0.05) is 35.8 Å². The fraction of sp³-hybridized carbons (Fsp3) is 0.148. The van der Waals surface area contributed by atoms with Gasteiger partial charge in [-0.05, 0) is 48.4 Å². The van der Waals surface area contributed by atoms with Gasteiger partial charge in [-0.2, -0.15) is 5.10 Å². The lowest BCUT2D eigenvalue weighted by Crippen LogP contribution is -2.23. The van der Waals surface area contributed by atoms with Crippen LogP contribution in [0.3, 0.4) is 0 Å². The molecule has 4 rings (SSSR count). The lowest BCUT2D eigenvalue weighted by atomic mass is 10.0. The average Bonchev–Trinajstić information content (AvgIpc) is 2.86. The number of rotatable bonds is 8. The van der Waals surface area contributed by atoms with Crippen LogP contribution in [0.2, 0.25) is 0 Å². The number of methoxy groups -OCH3 is 1. The van der Waals surface area contributed by atoms with Crippen LogP contribution in [0.4, 0.5) is 5.69 Å². The number of carbonyl (C=O) groups is 1. The van der Waals surface area contributed by atoms with E-state index in [1.165, 1.54) is 10.7 Å². The number of aryl methyl sites for hydroxylation is 1. The molecule has 1 aromatic heterocycles. The monoisotopic (exact) mass is 439 g/mol. The molecule has 6 heteroatoms. The Morgan fingerprint density at radius 3 is 2.36 bits per heavy atom. The minimum absolute atomic E-state index is 0.0993. The van der Waals surface area contributed by atoms with Crippen LogP contribution < -0.4 is 15.6 Å². The standard InChI is InChI=1S/C27H25N3O3/c1-33-22-15-13-21(14-16-22)24-17-18-27(32)30(29-24)19-7-12-26(31)28-25-11-6-5-10-23(25)20-8-3-2-4-9-20/h2-6,8-11,13-18H,7,12,19H2,1H3,(H,28,31). The zero-order chi connectivity index (χ0) is 23.0. The summed E-state index contributed by atoms with van der Waals surface area (Å²) in [7, 11) is 1.61.